The van der Waals surface area contributed by atoms with Gasteiger partial charge < -0.3 is 0 Å². The minimum absolute atomic E-state index is 0.0231. The van der Waals surface area contributed by atoms with Crippen molar-refractivity contribution in [3.05, 3.63) is 0 Å². The molecule has 0 aliphatic rings. The van der Waals surface area contributed by atoms with Gasteiger partial charge in [0.05, 0.1) is 5.75 Å². The van der Waals surface area contributed by atoms with Crippen LogP contribution in [0.2, 0.25) is 0 Å². The highest BCUT2D eigenvalue weighted by Gasteiger charge is 2.05. The normalized spacial score (nSPS) is 15.0. The van der Waals surface area contributed by atoms with Crippen LogP contribution in [0.5, 0.6) is 0 Å². The van der Waals surface area contributed by atoms with E-state index in [1.54, 1.807) is 6.92 Å². The minimum Gasteiger partial charge on any atom is -0.286 e. The quantitative estimate of drug-likeness (QED) is 0.609. The molecule has 0 aromatic rings. The molecule has 0 spiro atoms. The maximum Gasteiger partial charge on any atom is 0.265 e. The summed E-state index contributed by atoms with van der Waals surface area (Å²) >= 11 is 0. The lowest BCUT2D eigenvalue weighted by Crippen LogP contribution is -2.12. The zero-order valence-corrected chi connectivity index (χ0v) is 7.24. The molecule has 0 aromatic carbocycles. The minimum atomic E-state index is -3.92. The van der Waals surface area contributed by atoms with E-state index in [4.69, 9.17) is 4.55 Å². The van der Waals surface area contributed by atoms with Gasteiger partial charge in [-0.1, -0.05) is 6.92 Å². The molecule has 0 amide bonds. The van der Waals surface area contributed by atoms with Gasteiger partial charge in [-0.15, -0.1) is 0 Å². The van der Waals surface area contributed by atoms with Crippen LogP contribution in [0.3, 0.4) is 0 Å². The average Bonchev–Trinajstić information content (AvgIpc) is 1.81. The Morgan fingerprint density at radius 1 is 1.50 bits per heavy atom. The number of hydrogen-bond acceptors (Lipinski definition) is 3. The molecule has 0 fully saturated rings. The Labute approximate surface area is 62.8 Å². The zero-order valence-electron chi connectivity index (χ0n) is 5.61. The Morgan fingerprint density at radius 2 is 2.00 bits per heavy atom. The van der Waals surface area contributed by atoms with E-state index < -0.39 is 26.7 Å². The third kappa shape index (κ3) is 6.18. The van der Waals surface area contributed by atoms with Gasteiger partial charge in [0.15, 0.2) is 0 Å². The molecule has 1 unspecified atom stereocenters. The molecule has 0 aliphatic carbocycles. The first kappa shape index (κ1) is 10.1. The average molecular weight is 186 g/mol. The predicted octanol–water partition coefficient (Wildman–Crippen LogP) is -0.357. The Balaban J connectivity index is 3.67. The zero-order chi connectivity index (χ0) is 8.20. The highest BCUT2D eigenvalue weighted by molar-refractivity contribution is 7.89. The van der Waals surface area contributed by atoms with Gasteiger partial charge in [-0.25, -0.2) is 0 Å². The SMILES string of the molecule is CCS(=O)CCS(=O)(=O)O. The number of hydrogen-bond donors (Lipinski definition) is 1. The van der Waals surface area contributed by atoms with E-state index in [1.807, 2.05) is 0 Å². The van der Waals surface area contributed by atoms with Crippen molar-refractivity contribution in [3.63, 3.8) is 0 Å². The molecule has 0 saturated heterocycles. The molecule has 0 saturated carbocycles. The second-order valence-corrected chi connectivity index (χ2v) is 5.16. The molecule has 1 N–H and O–H groups in total. The molecule has 0 aliphatic heterocycles. The third-order valence-corrected chi connectivity index (χ3v) is 3.17. The van der Waals surface area contributed by atoms with E-state index in [9.17, 15) is 12.6 Å². The van der Waals surface area contributed by atoms with E-state index in [0.29, 0.717) is 5.75 Å². The molecule has 6 heteroatoms. The number of rotatable bonds is 4. The van der Waals surface area contributed by atoms with Crippen molar-refractivity contribution in [1.82, 2.24) is 0 Å². The molecule has 0 bridgehead atoms. The molecule has 0 radical (unpaired) electrons. The highest BCUT2D eigenvalue weighted by Crippen LogP contribution is 1.86. The van der Waals surface area contributed by atoms with Crippen molar-refractivity contribution >= 4 is 20.9 Å². The maximum absolute atomic E-state index is 10.6. The summed E-state index contributed by atoms with van der Waals surface area (Å²) in [4.78, 5) is 0. The van der Waals surface area contributed by atoms with E-state index in [0.717, 1.165) is 0 Å². The van der Waals surface area contributed by atoms with Crippen LogP contribution in [0, 0.1) is 0 Å². The van der Waals surface area contributed by atoms with Gasteiger partial charge in [0.2, 0.25) is 0 Å². The molecule has 62 valence electrons. The monoisotopic (exact) mass is 186 g/mol. The van der Waals surface area contributed by atoms with Crippen LogP contribution in [-0.2, 0) is 20.9 Å². The van der Waals surface area contributed by atoms with Crippen molar-refractivity contribution in [2.24, 2.45) is 0 Å². The van der Waals surface area contributed by atoms with E-state index in [1.165, 1.54) is 0 Å². The highest BCUT2D eigenvalue weighted by atomic mass is 32.2. The van der Waals surface area contributed by atoms with Crippen LogP contribution >= 0.6 is 0 Å². The van der Waals surface area contributed by atoms with Crippen molar-refractivity contribution in [3.8, 4) is 0 Å². The molecular weight excluding hydrogens is 176 g/mol. The van der Waals surface area contributed by atoms with Crippen LogP contribution in [0.1, 0.15) is 6.92 Å². The van der Waals surface area contributed by atoms with Crippen LogP contribution < -0.4 is 0 Å². The van der Waals surface area contributed by atoms with Crippen LogP contribution in [0.4, 0.5) is 0 Å². The Hall–Kier alpha value is 0.0600. The van der Waals surface area contributed by atoms with Crippen LogP contribution in [0.25, 0.3) is 0 Å². The second-order valence-electron chi connectivity index (χ2n) is 1.72. The molecule has 10 heavy (non-hydrogen) atoms. The first-order valence-electron chi connectivity index (χ1n) is 2.76. The van der Waals surface area contributed by atoms with Gasteiger partial charge in [0.1, 0.15) is 0 Å². The summed E-state index contributed by atoms with van der Waals surface area (Å²) in [6.07, 6.45) is 0. The topological polar surface area (TPSA) is 71.4 Å². The van der Waals surface area contributed by atoms with Gasteiger partial charge in [-0.3, -0.25) is 8.76 Å². The van der Waals surface area contributed by atoms with Crippen molar-refractivity contribution in [1.29, 1.82) is 0 Å². The summed E-state index contributed by atoms with van der Waals surface area (Å²) in [7, 11) is -5.03. The van der Waals surface area contributed by atoms with E-state index in [-0.39, 0.29) is 5.75 Å². The third-order valence-electron chi connectivity index (χ3n) is 0.891. The summed E-state index contributed by atoms with van der Waals surface area (Å²) in [6, 6.07) is 0. The molecule has 0 aromatic heterocycles. The van der Waals surface area contributed by atoms with Crippen molar-refractivity contribution in [2.75, 3.05) is 17.3 Å². The van der Waals surface area contributed by atoms with Gasteiger partial charge in [-0.2, -0.15) is 8.42 Å². The Kier molecular flexibility index (Phi) is 4.07. The molecule has 1 atom stereocenters. The van der Waals surface area contributed by atoms with Crippen LogP contribution in [0.15, 0.2) is 0 Å². The Morgan fingerprint density at radius 3 is 2.30 bits per heavy atom. The summed E-state index contributed by atoms with van der Waals surface area (Å²) in [5, 5.41) is 0. The van der Waals surface area contributed by atoms with Crippen molar-refractivity contribution in [2.45, 2.75) is 6.92 Å². The molecule has 4 nitrogen and oxygen atoms in total. The second kappa shape index (κ2) is 4.05. The maximum atomic E-state index is 10.6. The lowest BCUT2D eigenvalue weighted by atomic mass is 10.9. The smallest absolute Gasteiger partial charge is 0.265 e. The first-order chi connectivity index (χ1) is 4.45. The lowest BCUT2D eigenvalue weighted by molar-refractivity contribution is 0.485. The van der Waals surface area contributed by atoms with Gasteiger partial charge in [-0.05, 0) is 0 Å². The fourth-order valence-electron chi connectivity index (χ4n) is 0.343. The van der Waals surface area contributed by atoms with E-state index >= 15 is 0 Å². The fraction of sp³-hybridized carbons (Fsp3) is 1.00. The fourth-order valence-corrected chi connectivity index (χ4v) is 2.22. The molecular formula is C4H10O4S2. The summed E-state index contributed by atoms with van der Waals surface area (Å²) < 4.78 is 38.9. The van der Waals surface area contributed by atoms with Crippen LogP contribution in [-0.4, -0.2) is 34.4 Å². The largest absolute Gasteiger partial charge is 0.286 e. The molecule has 0 heterocycles. The van der Waals surface area contributed by atoms with Gasteiger partial charge in [0.25, 0.3) is 10.1 Å². The summed E-state index contributed by atoms with van der Waals surface area (Å²) in [5.74, 6) is 0.0400. The molecule has 0 rings (SSSR count). The summed E-state index contributed by atoms with van der Waals surface area (Å²) in [6.45, 7) is 1.69. The van der Waals surface area contributed by atoms with Gasteiger partial charge >= 0.3 is 0 Å². The lowest BCUT2D eigenvalue weighted by Gasteiger charge is -1.94. The Bertz CT molecular complexity index is 205. The predicted molar refractivity (Wildman–Crippen MR) is 40.0 cm³/mol. The van der Waals surface area contributed by atoms with E-state index in [2.05, 4.69) is 0 Å². The van der Waals surface area contributed by atoms with Crippen molar-refractivity contribution < 1.29 is 17.2 Å². The standard InChI is InChI=1S/C4H10O4S2/c1-2-9(5)3-4-10(6,7)8/h2-4H2,1H3,(H,6,7,8). The summed E-state index contributed by atoms with van der Waals surface area (Å²) in [5.41, 5.74) is 0. The first-order valence-corrected chi connectivity index (χ1v) is 5.85. The van der Waals surface area contributed by atoms with Gasteiger partial charge in [0, 0.05) is 22.3 Å².